The van der Waals surface area contributed by atoms with Crippen LogP contribution in [0.3, 0.4) is 0 Å². The van der Waals surface area contributed by atoms with Gasteiger partial charge in [0, 0.05) is 19.0 Å². The van der Waals surface area contributed by atoms with Crippen LogP contribution in [0, 0.1) is 13.8 Å². The number of hydrogen-bond acceptors (Lipinski definition) is 7. The first kappa shape index (κ1) is 27.8. The molecule has 0 saturated carbocycles. The van der Waals surface area contributed by atoms with Crippen molar-refractivity contribution in [3.8, 4) is 5.75 Å². The normalized spacial score (nSPS) is 13.3. The molecule has 1 atom stereocenters. The molecule has 194 valence electrons. The van der Waals surface area contributed by atoms with E-state index in [9.17, 15) is 4.79 Å². The van der Waals surface area contributed by atoms with Gasteiger partial charge in [-0.05, 0) is 78.8 Å². The minimum atomic E-state index is -0.632. The number of hydrogen-bond donors (Lipinski definition) is 1. The van der Waals surface area contributed by atoms with Crippen molar-refractivity contribution in [3.63, 3.8) is 0 Å². The van der Waals surface area contributed by atoms with E-state index >= 15 is 0 Å². The highest BCUT2D eigenvalue weighted by Crippen LogP contribution is 2.37. The summed E-state index contributed by atoms with van der Waals surface area (Å²) in [6, 6.07) is 8.01. The lowest BCUT2D eigenvalue weighted by Gasteiger charge is -2.19. The molecular weight excluding hydrogens is 505 g/mol. The van der Waals surface area contributed by atoms with Crippen molar-refractivity contribution in [2.75, 3.05) is 21.3 Å². The summed E-state index contributed by atoms with van der Waals surface area (Å²) < 4.78 is 12.6. The third-order valence-corrected chi connectivity index (χ3v) is 6.41. The van der Waals surface area contributed by atoms with Crippen molar-refractivity contribution in [1.29, 1.82) is 0 Å². The van der Waals surface area contributed by atoms with Crippen LogP contribution in [0.1, 0.15) is 52.6 Å². The number of alkyl halides is 1. The number of nitrogens with one attached hydrogen (secondary N) is 1. The predicted octanol–water partition coefficient (Wildman–Crippen LogP) is 5.95. The SMILES string of the molecule is CO/N=C(\Cl)CCC/C=C(\c1cc(C)c(OC)c(C(Cl)NOC)c1)c1cc(C)c2oc(=O)n(C)c2c1. The second-order valence-corrected chi connectivity index (χ2v) is 9.20. The molecule has 10 heteroatoms. The second-order valence-electron chi connectivity index (χ2n) is 8.33. The molecule has 1 unspecified atom stereocenters. The van der Waals surface area contributed by atoms with Crippen LogP contribution in [0.5, 0.6) is 5.75 Å². The van der Waals surface area contributed by atoms with Gasteiger partial charge < -0.3 is 18.8 Å². The lowest BCUT2D eigenvalue weighted by Crippen LogP contribution is -2.16. The number of ether oxygens (including phenoxy) is 1. The number of unbranched alkanes of at least 4 members (excludes halogenated alkanes) is 1. The van der Waals surface area contributed by atoms with Gasteiger partial charge in [0.15, 0.2) is 5.58 Å². The fourth-order valence-electron chi connectivity index (χ4n) is 4.18. The van der Waals surface area contributed by atoms with Gasteiger partial charge in [-0.25, -0.2) is 4.79 Å². The van der Waals surface area contributed by atoms with E-state index in [4.69, 9.17) is 42.0 Å². The predicted molar refractivity (Wildman–Crippen MR) is 144 cm³/mol. The number of aryl methyl sites for hydroxylation is 3. The second kappa shape index (κ2) is 12.5. The van der Waals surface area contributed by atoms with Crippen molar-refractivity contribution in [2.45, 2.75) is 38.6 Å². The summed E-state index contributed by atoms with van der Waals surface area (Å²) in [6.45, 7) is 3.89. The first-order valence-electron chi connectivity index (χ1n) is 11.4. The Labute approximate surface area is 220 Å². The van der Waals surface area contributed by atoms with E-state index < -0.39 is 11.3 Å². The Bertz CT molecular complexity index is 1340. The molecule has 3 rings (SSSR count). The van der Waals surface area contributed by atoms with Gasteiger partial charge in [-0.2, -0.15) is 5.48 Å². The highest BCUT2D eigenvalue weighted by molar-refractivity contribution is 6.65. The molecule has 2 aromatic carbocycles. The number of oxime groups is 1. The van der Waals surface area contributed by atoms with Gasteiger partial charge in [-0.1, -0.05) is 34.4 Å². The molecule has 0 radical (unpaired) electrons. The first-order chi connectivity index (χ1) is 17.2. The molecule has 36 heavy (non-hydrogen) atoms. The van der Waals surface area contributed by atoms with Gasteiger partial charge >= 0.3 is 5.76 Å². The maximum absolute atomic E-state index is 12.2. The van der Waals surface area contributed by atoms with Crippen LogP contribution in [0.15, 0.2) is 44.7 Å². The molecule has 3 aromatic rings. The van der Waals surface area contributed by atoms with Gasteiger partial charge in [-0.15, -0.1) is 0 Å². The number of methoxy groups -OCH3 is 1. The fourth-order valence-corrected chi connectivity index (χ4v) is 4.63. The number of halogens is 2. The van der Waals surface area contributed by atoms with Crippen molar-refractivity contribution in [1.82, 2.24) is 10.0 Å². The van der Waals surface area contributed by atoms with E-state index in [0.29, 0.717) is 22.9 Å². The van der Waals surface area contributed by atoms with Crippen LogP contribution < -0.4 is 16.0 Å². The Morgan fingerprint density at radius 2 is 1.86 bits per heavy atom. The van der Waals surface area contributed by atoms with Crippen molar-refractivity contribution < 1.29 is 18.8 Å². The number of hydroxylamine groups is 1. The Morgan fingerprint density at radius 1 is 1.17 bits per heavy atom. The van der Waals surface area contributed by atoms with Crippen LogP contribution in [0.25, 0.3) is 16.7 Å². The number of allylic oxidation sites excluding steroid dienone is 1. The number of oxazole rings is 1. The number of aromatic nitrogens is 1. The summed E-state index contributed by atoms with van der Waals surface area (Å²) in [4.78, 5) is 22.0. The lowest BCUT2D eigenvalue weighted by atomic mass is 9.91. The Hall–Kier alpha value is -2.78. The molecule has 0 spiro atoms. The van der Waals surface area contributed by atoms with E-state index in [1.807, 2.05) is 32.0 Å². The van der Waals surface area contributed by atoms with E-state index in [-0.39, 0.29) is 0 Å². The van der Waals surface area contributed by atoms with Crippen molar-refractivity contribution >= 4 is 45.0 Å². The molecule has 0 aliphatic carbocycles. The van der Waals surface area contributed by atoms with Crippen molar-refractivity contribution in [3.05, 3.63) is 68.7 Å². The van der Waals surface area contributed by atoms with Gasteiger partial charge in [0.2, 0.25) is 0 Å². The van der Waals surface area contributed by atoms with Crippen LogP contribution >= 0.6 is 23.2 Å². The third-order valence-electron chi connectivity index (χ3n) is 5.83. The molecule has 0 saturated heterocycles. The molecule has 0 aliphatic rings. The van der Waals surface area contributed by atoms with Crippen molar-refractivity contribution in [2.24, 2.45) is 12.2 Å². The highest BCUT2D eigenvalue weighted by Gasteiger charge is 2.20. The van der Waals surface area contributed by atoms with Gasteiger partial charge in [0.25, 0.3) is 0 Å². The minimum absolute atomic E-state index is 0.402. The summed E-state index contributed by atoms with van der Waals surface area (Å²) in [5.74, 6) is 0.273. The maximum atomic E-state index is 12.2. The van der Waals surface area contributed by atoms with Crippen LogP contribution in [-0.2, 0) is 16.7 Å². The number of nitrogens with zero attached hydrogens (tertiary/aromatic N) is 2. The van der Waals surface area contributed by atoms with Gasteiger partial charge in [0.1, 0.15) is 23.5 Å². The maximum Gasteiger partial charge on any atom is 0.419 e. The molecule has 1 aromatic heterocycles. The zero-order valence-corrected chi connectivity index (χ0v) is 22.8. The highest BCUT2D eigenvalue weighted by atomic mass is 35.5. The summed E-state index contributed by atoms with van der Waals surface area (Å²) in [7, 11) is 6.28. The summed E-state index contributed by atoms with van der Waals surface area (Å²) >= 11 is 12.7. The zero-order chi connectivity index (χ0) is 26.4. The number of benzene rings is 2. The monoisotopic (exact) mass is 535 g/mol. The average Bonchev–Trinajstić information content (AvgIpc) is 3.13. The van der Waals surface area contributed by atoms with E-state index in [1.54, 1.807) is 14.2 Å². The Kier molecular flexibility index (Phi) is 9.62. The molecule has 1 N–H and O–H groups in total. The van der Waals surface area contributed by atoms with Crippen LogP contribution in [-0.4, -0.2) is 31.1 Å². The lowest BCUT2D eigenvalue weighted by molar-refractivity contribution is 0.0815. The van der Waals surface area contributed by atoms with E-state index in [0.717, 1.165) is 51.7 Å². The molecule has 0 amide bonds. The van der Waals surface area contributed by atoms with E-state index in [1.165, 1.54) is 18.8 Å². The molecule has 0 bridgehead atoms. The molecule has 1 heterocycles. The summed E-state index contributed by atoms with van der Waals surface area (Å²) in [6.07, 6.45) is 4.23. The van der Waals surface area contributed by atoms with Gasteiger partial charge in [-0.3, -0.25) is 4.57 Å². The smallest absolute Gasteiger partial charge is 0.419 e. The first-order valence-corrected chi connectivity index (χ1v) is 12.2. The van der Waals surface area contributed by atoms with Crippen LogP contribution in [0.4, 0.5) is 0 Å². The average molecular weight is 536 g/mol. The standard InChI is InChI=1S/C26H31Cl2N3O5/c1-15-11-17(13-20(23(15)33-4)25(28)30-35-6)19(9-7-8-10-22(27)29-34-5)18-12-16(2)24-21(14-18)31(3)26(32)36-24/h9,11-14,25,30H,7-8,10H2,1-6H3/b19-9+,29-22-. The van der Waals surface area contributed by atoms with E-state index in [2.05, 4.69) is 22.8 Å². The third kappa shape index (κ3) is 6.13. The quantitative estimate of drug-likeness (QED) is 0.107. The van der Waals surface area contributed by atoms with Crippen LogP contribution in [0.2, 0.25) is 0 Å². The minimum Gasteiger partial charge on any atom is -0.496 e. The molecule has 8 nitrogen and oxygen atoms in total. The number of rotatable bonds is 11. The molecule has 0 fully saturated rings. The number of fused-ring (bicyclic) bond motifs is 1. The zero-order valence-electron chi connectivity index (χ0n) is 21.3. The molecular formula is C26H31Cl2N3O5. The Balaban J connectivity index is 2.16. The Morgan fingerprint density at radius 3 is 2.53 bits per heavy atom. The largest absolute Gasteiger partial charge is 0.496 e. The molecule has 0 aliphatic heterocycles. The topological polar surface area (TPSA) is 87.2 Å². The fraction of sp³-hybridized carbons (Fsp3) is 0.385. The summed E-state index contributed by atoms with van der Waals surface area (Å²) in [5.41, 5.74) is 8.81. The summed E-state index contributed by atoms with van der Waals surface area (Å²) in [5, 5.41) is 4.18. The van der Waals surface area contributed by atoms with Gasteiger partial charge in [0.05, 0.1) is 19.7 Å².